The number of urea groups is 1. The molecule has 1 atom stereocenters. The fourth-order valence-corrected chi connectivity index (χ4v) is 4.89. The van der Waals surface area contributed by atoms with Crippen molar-refractivity contribution in [2.75, 3.05) is 7.11 Å². The summed E-state index contributed by atoms with van der Waals surface area (Å²) >= 11 is 1.55. The predicted octanol–water partition coefficient (Wildman–Crippen LogP) is 6.07. The Morgan fingerprint density at radius 1 is 1.11 bits per heavy atom. The van der Waals surface area contributed by atoms with Crippen LogP contribution in [0.1, 0.15) is 42.5 Å². The molecule has 3 heterocycles. The Labute approximate surface area is 208 Å². The Bertz CT molecular complexity index is 1360. The third-order valence-corrected chi connectivity index (χ3v) is 7.06. The molecule has 35 heavy (non-hydrogen) atoms. The van der Waals surface area contributed by atoms with E-state index in [0.29, 0.717) is 18.3 Å². The summed E-state index contributed by atoms with van der Waals surface area (Å²) in [5.74, 6) is 1.67. The fraction of sp³-hybridized carbons (Fsp3) is 0.222. The van der Waals surface area contributed by atoms with E-state index in [0.717, 1.165) is 39.4 Å². The lowest BCUT2D eigenvalue weighted by Gasteiger charge is -2.35. The van der Waals surface area contributed by atoms with Gasteiger partial charge in [0.2, 0.25) is 5.82 Å². The Morgan fingerprint density at radius 2 is 1.94 bits per heavy atom. The number of carbonyl (C=O) groups is 1. The first-order chi connectivity index (χ1) is 17.1. The molecule has 1 aliphatic rings. The van der Waals surface area contributed by atoms with Gasteiger partial charge in [-0.2, -0.15) is 4.98 Å². The van der Waals surface area contributed by atoms with Gasteiger partial charge in [0.25, 0.3) is 5.89 Å². The maximum Gasteiger partial charge on any atom is 0.322 e. The molecule has 0 radical (unpaired) electrons. The number of thiophene rings is 1. The highest BCUT2D eigenvalue weighted by Gasteiger charge is 2.35. The van der Waals surface area contributed by atoms with Gasteiger partial charge in [-0.1, -0.05) is 54.5 Å². The minimum atomic E-state index is -0.411. The summed E-state index contributed by atoms with van der Waals surface area (Å²) in [4.78, 5) is 20.7. The van der Waals surface area contributed by atoms with E-state index in [1.54, 1.807) is 23.3 Å². The van der Waals surface area contributed by atoms with Crippen LogP contribution in [0.2, 0.25) is 0 Å². The molecule has 4 aromatic rings. The first kappa shape index (κ1) is 22.9. The van der Waals surface area contributed by atoms with Crippen LogP contribution in [0, 0.1) is 0 Å². The second-order valence-corrected chi connectivity index (χ2v) is 9.26. The van der Waals surface area contributed by atoms with E-state index < -0.39 is 6.04 Å². The third kappa shape index (κ3) is 4.57. The van der Waals surface area contributed by atoms with Gasteiger partial charge in [0.1, 0.15) is 5.75 Å². The first-order valence-electron chi connectivity index (χ1n) is 11.5. The summed E-state index contributed by atoms with van der Waals surface area (Å²) in [7, 11) is 1.63. The fourth-order valence-electron chi connectivity index (χ4n) is 4.24. The average Bonchev–Trinajstić information content (AvgIpc) is 3.59. The van der Waals surface area contributed by atoms with Crippen LogP contribution in [0.15, 0.2) is 76.3 Å². The summed E-state index contributed by atoms with van der Waals surface area (Å²) in [5.41, 5.74) is 4.70. The zero-order valence-electron chi connectivity index (χ0n) is 19.8. The quantitative estimate of drug-likeness (QED) is 0.343. The van der Waals surface area contributed by atoms with Crippen LogP contribution in [0.25, 0.3) is 16.3 Å². The van der Waals surface area contributed by atoms with Crippen molar-refractivity contribution in [1.29, 1.82) is 0 Å². The number of amides is 2. The van der Waals surface area contributed by atoms with Crippen LogP contribution in [0.4, 0.5) is 4.79 Å². The van der Waals surface area contributed by atoms with E-state index in [-0.39, 0.29) is 6.03 Å². The molecule has 2 aromatic carbocycles. The van der Waals surface area contributed by atoms with Crippen molar-refractivity contribution < 1.29 is 14.1 Å². The van der Waals surface area contributed by atoms with Crippen molar-refractivity contribution in [2.24, 2.45) is 0 Å². The van der Waals surface area contributed by atoms with Crippen LogP contribution in [0.5, 0.6) is 5.75 Å². The summed E-state index contributed by atoms with van der Waals surface area (Å²) in [6, 6.07) is 19.3. The molecule has 1 unspecified atom stereocenters. The summed E-state index contributed by atoms with van der Waals surface area (Å²) in [5, 5.41) is 9.36. The number of rotatable bonds is 7. The predicted molar refractivity (Wildman–Crippen MR) is 136 cm³/mol. The Hall–Kier alpha value is -3.91. The monoisotopic (exact) mass is 486 g/mol. The van der Waals surface area contributed by atoms with Gasteiger partial charge in [-0.05, 0) is 53.6 Å². The minimum absolute atomic E-state index is 0.184. The molecule has 1 aliphatic heterocycles. The van der Waals surface area contributed by atoms with Crippen LogP contribution in [-0.2, 0) is 13.0 Å². The van der Waals surface area contributed by atoms with Crippen LogP contribution >= 0.6 is 11.3 Å². The maximum absolute atomic E-state index is 13.3. The SMILES string of the molecule is CCc1ccc(C2NC(=O)N(Cc3cccc(OC)c3)C(C)=C2c2nc(-c3cccs3)no2)cc1. The van der Waals surface area contributed by atoms with Crippen molar-refractivity contribution in [3.8, 4) is 16.5 Å². The number of hydrogen-bond acceptors (Lipinski definition) is 6. The molecule has 1 N–H and O–H groups in total. The summed E-state index contributed by atoms with van der Waals surface area (Å²) < 4.78 is 11.1. The molecule has 0 spiro atoms. The van der Waals surface area contributed by atoms with Gasteiger partial charge in [0.05, 0.1) is 30.1 Å². The van der Waals surface area contributed by atoms with Gasteiger partial charge in [0, 0.05) is 5.70 Å². The smallest absolute Gasteiger partial charge is 0.322 e. The number of aryl methyl sites for hydroxylation is 1. The molecule has 0 aliphatic carbocycles. The second kappa shape index (κ2) is 9.76. The van der Waals surface area contributed by atoms with E-state index >= 15 is 0 Å². The molecule has 178 valence electrons. The van der Waals surface area contributed by atoms with Crippen LogP contribution < -0.4 is 10.1 Å². The Balaban J connectivity index is 1.58. The lowest BCUT2D eigenvalue weighted by atomic mass is 9.93. The van der Waals surface area contributed by atoms with Crippen molar-refractivity contribution in [2.45, 2.75) is 32.9 Å². The molecule has 0 bridgehead atoms. The molecular formula is C27H26N4O3S. The van der Waals surface area contributed by atoms with Crippen molar-refractivity contribution in [3.63, 3.8) is 0 Å². The lowest BCUT2D eigenvalue weighted by molar-refractivity contribution is 0.203. The number of nitrogens with zero attached hydrogens (tertiary/aromatic N) is 3. The second-order valence-electron chi connectivity index (χ2n) is 8.31. The van der Waals surface area contributed by atoms with Crippen molar-refractivity contribution >= 4 is 22.9 Å². The Kier molecular flexibility index (Phi) is 6.37. The lowest BCUT2D eigenvalue weighted by Crippen LogP contribution is -2.45. The average molecular weight is 487 g/mol. The van der Waals surface area contributed by atoms with E-state index in [1.807, 2.05) is 60.8 Å². The van der Waals surface area contributed by atoms with Crippen molar-refractivity contribution in [3.05, 3.63) is 94.3 Å². The van der Waals surface area contributed by atoms with E-state index in [2.05, 4.69) is 29.5 Å². The Morgan fingerprint density at radius 3 is 2.66 bits per heavy atom. The molecule has 0 saturated heterocycles. The number of benzene rings is 2. The molecule has 2 aromatic heterocycles. The molecular weight excluding hydrogens is 460 g/mol. The van der Waals surface area contributed by atoms with Gasteiger partial charge >= 0.3 is 6.03 Å². The van der Waals surface area contributed by atoms with E-state index in [9.17, 15) is 4.79 Å². The van der Waals surface area contributed by atoms with Gasteiger partial charge in [-0.15, -0.1) is 11.3 Å². The maximum atomic E-state index is 13.3. The van der Waals surface area contributed by atoms with Crippen LogP contribution in [-0.4, -0.2) is 28.2 Å². The number of aromatic nitrogens is 2. The molecule has 8 heteroatoms. The number of allylic oxidation sites excluding steroid dienone is 1. The first-order valence-corrected chi connectivity index (χ1v) is 12.3. The molecule has 0 fully saturated rings. The summed E-state index contributed by atoms with van der Waals surface area (Å²) in [6.07, 6.45) is 0.946. The highest BCUT2D eigenvalue weighted by molar-refractivity contribution is 7.13. The minimum Gasteiger partial charge on any atom is -0.497 e. The van der Waals surface area contributed by atoms with Gasteiger partial charge in [-0.3, -0.25) is 4.90 Å². The van der Waals surface area contributed by atoms with Crippen molar-refractivity contribution in [1.82, 2.24) is 20.4 Å². The normalized spacial score (nSPS) is 15.9. The summed E-state index contributed by atoms with van der Waals surface area (Å²) in [6.45, 7) is 4.43. The molecule has 2 amide bonds. The highest BCUT2D eigenvalue weighted by Crippen LogP contribution is 2.38. The molecule has 7 nitrogen and oxygen atoms in total. The third-order valence-electron chi connectivity index (χ3n) is 6.19. The number of methoxy groups -OCH3 is 1. The number of carbonyl (C=O) groups excluding carboxylic acids is 1. The van der Waals surface area contributed by atoms with Gasteiger partial charge in [-0.25, -0.2) is 4.79 Å². The highest BCUT2D eigenvalue weighted by atomic mass is 32.1. The zero-order valence-corrected chi connectivity index (χ0v) is 20.6. The number of ether oxygens (including phenoxy) is 1. The number of nitrogens with one attached hydrogen (secondary N) is 1. The topological polar surface area (TPSA) is 80.5 Å². The zero-order chi connectivity index (χ0) is 24.4. The van der Waals surface area contributed by atoms with E-state index in [1.165, 1.54) is 5.56 Å². The van der Waals surface area contributed by atoms with Gasteiger partial charge in [0.15, 0.2) is 0 Å². The molecule has 0 saturated carbocycles. The number of hydrogen-bond donors (Lipinski definition) is 1. The standard InChI is InChI=1S/C27H26N4O3S/c1-4-18-10-12-20(13-11-18)24-23(26-29-25(30-34-26)22-9-6-14-35-22)17(2)31(27(32)28-24)16-19-7-5-8-21(15-19)33-3/h5-15,24H,4,16H2,1-3H3,(H,28,32). The molecule has 5 rings (SSSR count). The van der Waals surface area contributed by atoms with Gasteiger partial charge < -0.3 is 14.6 Å². The van der Waals surface area contributed by atoms with Crippen LogP contribution in [0.3, 0.4) is 0 Å². The largest absolute Gasteiger partial charge is 0.497 e. The van der Waals surface area contributed by atoms with E-state index in [4.69, 9.17) is 14.2 Å².